The Morgan fingerprint density at radius 2 is 1.76 bits per heavy atom. The van der Waals surface area contributed by atoms with Crippen LogP contribution in [0.25, 0.3) is 0 Å². The molecule has 9 heteroatoms. The Morgan fingerprint density at radius 1 is 1.00 bits per heavy atom. The number of pyridine rings is 1. The van der Waals surface area contributed by atoms with Crippen molar-refractivity contribution in [3.63, 3.8) is 0 Å². The van der Waals surface area contributed by atoms with Gasteiger partial charge in [-0.3, -0.25) is 24.3 Å². The molecule has 2 aromatic carbocycles. The van der Waals surface area contributed by atoms with Gasteiger partial charge < -0.3 is 15.0 Å². The molecule has 0 saturated carbocycles. The zero-order valence-corrected chi connectivity index (χ0v) is 21.1. The first-order valence-electron chi connectivity index (χ1n) is 12.6. The van der Waals surface area contributed by atoms with Gasteiger partial charge in [0.2, 0.25) is 5.91 Å². The van der Waals surface area contributed by atoms with Crippen LogP contribution in [0.1, 0.15) is 44.8 Å². The number of carbonyl (C=O) groups excluding carboxylic acids is 3. The van der Waals surface area contributed by atoms with Crippen LogP contribution in [0.5, 0.6) is 0 Å². The van der Waals surface area contributed by atoms with Crippen molar-refractivity contribution in [1.29, 1.82) is 0 Å². The molecule has 2 fully saturated rings. The van der Waals surface area contributed by atoms with E-state index in [1.165, 1.54) is 29.2 Å². The van der Waals surface area contributed by atoms with Gasteiger partial charge in [-0.15, -0.1) is 0 Å². The third kappa shape index (κ3) is 5.15. The van der Waals surface area contributed by atoms with Gasteiger partial charge in [-0.1, -0.05) is 23.8 Å². The van der Waals surface area contributed by atoms with E-state index >= 15 is 0 Å². The van der Waals surface area contributed by atoms with Gasteiger partial charge in [-0.05, 0) is 55.5 Å². The second kappa shape index (κ2) is 10.7. The fourth-order valence-corrected chi connectivity index (χ4v) is 5.12. The molecule has 1 unspecified atom stereocenters. The highest BCUT2D eigenvalue weighted by molar-refractivity contribution is 5.98. The Morgan fingerprint density at radius 3 is 2.45 bits per heavy atom. The molecule has 38 heavy (non-hydrogen) atoms. The maximum Gasteiger partial charge on any atom is 0.256 e. The second-order valence-corrected chi connectivity index (χ2v) is 9.66. The highest BCUT2D eigenvalue weighted by Gasteiger charge is 2.54. The number of likely N-dealkylation sites (tertiary alicyclic amines) is 1. The molecule has 3 heterocycles. The van der Waals surface area contributed by atoms with Crippen molar-refractivity contribution in [1.82, 2.24) is 20.1 Å². The summed E-state index contributed by atoms with van der Waals surface area (Å²) in [4.78, 5) is 47.6. The topological polar surface area (TPSA) is 91.8 Å². The summed E-state index contributed by atoms with van der Waals surface area (Å²) < 4.78 is 19.8. The summed E-state index contributed by atoms with van der Waals surface area (Å²) >= 11 is 0. The van der Waals surface area contributed by atoms with E-state index in [0.717, 1.165) is 5.56 Å². The molecule has 3 aromatic rings. The predicted octanol–water partition coefficient (Wildman–Crippen LogP) is 3.32. The predicted molar refractivity (Wildman–Crippen MR) is 137 cm³/mol. The van der Waals surface area contributed by atoms with E-state index in [2.05, 4.69) is 10.3 Å². The highest BCUT2D eigenvalue weighted by Crippen LogP contribution is 2.39. The van der Waals surface area contributed by atoms with Gasteiger partial charge in [-0.25, -0.2) is 4.39 Å². The summed E-state index contributed by atoms with van der Waals surface area (Å²) in [5.41, 5.74) is 1.51. The third-order valence-electron chi connectivity index (χ3n) is 7.14. The summed E-state index contributed by atoms with van der Waals surface area (Å²) in [6.45, 7) is 2.89. The van der Waals surface area contributed by atoms with E-state index in [1.54, 1.807) is 29.3 Å². The van der Waals surface area contributed by atoms with Gasteiger partial charge in [-0.2, -0.15) is 0 Å². The van der Waals surface area contributed by atoms with Gasteiger partial charge in [0.15, 0.2) is 0 Å². The number of rotatable bonds is 5. The van der Waals surface area contributed by atoms with E-state index in [9.17, 15) is 18.8 Å². The number of amides is 3. The molecular formula is C29H29FN4O4. The van der Waals surface area contributed by atoms with Gasteiger partial charge >= 0.3 is 0 Å². The minimum absolute atomic E-state index is 0.0206. The molecule has 0 aliphatic carbocycles. The number of ether oxygens (including phenoxy) is 1. The van der Waals surface area contributed by atoms with Crippen molar-refractivity contribution >= 4 is 17.7 Å². The van der Waals surface area contributed by atoms with Crippen molar-refractivity contribution in [2.45, 2.75) is 38.1 Å². The Labute approximate surface area is 220 Å². The van der Waals surface area contributed by atoms with Crippen LogP contribution in [0.2, 0.25) is 0 Å². The van der Waals surface area contributed by atoms with Crippen molar-refractivity contribution in [3.8, 4) is 0 Å². The van der Waals surface area contributed by atoms with Gasteiger partial charge in [0.05, 0.1) is 18.8 Å². The lowest BCUT2D eigenvalue weighted by Gasteiger charge is -2.44. The number of halogens is 1. The molecule has 196 valence electrons. The number of piperidine rings is 1. The van der Waals surface area contributed by atoms with Crippen molar-refractivity contribution in [3.05, 3.63) is 101 Å². The van der Waals surface area contributed by atoms with Crippen LogP contribution in [-0.2, 0) is 16.1 Å². The molecule has 2 aliphatic rings. The lowest BCUT2D eigenvalue weighted by atomic mass is 9.96. The summed E-state index contributed by atoms with van der Waals surface area (Å²) in [5.74, 6) is -1.32. The van der Waals surface area contributed by atoms with Crippen molar-refractivity contribution in [2.75, 3.05) is 19.7 Å². The summed E-state index contributed by atoms with van der Waals surface area (Å²) in [5, 5.41) is 2.86. The van der Waals surface area contributed by atoms with Crippen LogP contribution in [0.15, 0.2) is 72.9 Å². The number of nitrogens with zero attached hydrogens (tertiary/aromatic N) is 3. The van der Waals surface area contributed by atoms with Crippen LogP contribution in [-0.4, -0.2) is 64.0 Å². The smallest absolute Gasteiger partial charge is 0.256 e. The maximum atomic E-state index is 13.7. The maximum absolute atomic E-state index is 13.7. The van der Waals surface area contributed by atoms with E-state index in [4.69, 9.17) is 4.74 Å². The fraction of sp³-hybridized carbons (Fsp3) is 0.310. The first kappa shape index (κ1) is 25.5. The number of benzene rings is 2. The molecule has 2 saturated heterocycles. The Bertz CT molecular complexity index is 1320. The molecule has 8 nitrogen and oxygen atoms in total. The Balaban J connectivity index is 1.36. The van der Waals surface area contributed by atoms with Crippen LogP contribution >= 0.6 is 0 Å². The molecule has 1 aromatic heterocycles. The number of aryl methyl sites for hydroxylation is 1. The molecule has 0 bridgehead atoms. The van der Waals surface area contributed by atoms with Gasteiger partial charge in [0.25, 0.3) is 11.8 Å². The van der Waals surface area contributed by atoms with Gasteiger partial charge in [0.1, 0.15) is 17.6 Å². The Hall–Kier alpha value is -4.11. The number of hydrogen-bond donors (Lipinski definition) is 1. The normalized spacial score (nSPS) is 18.4. The molecule has 0 radical (unpaired) electrons. The zero-order valence-electron chi connectivity index (χ0n) is 21.1. The molecular weight excluding hydrogens is 487 g/mol. The summed E-state index contributed by atoms with van der Waals surface area (Å²) in [6, 6.07) is 17.2. The number of aromatic nitrogens is 1. The minimum Gasteiger partial charge on any atom is -0.353 e. The number of hydrogen-bond acceptors (Lipinski definition) is 5. The molecule has 1 N–H and O–H groups in total. The highest BCUT2D eigenvalue weighted by atomic mass is 19.1. The quantitative estimate of drug-likeness (QED) is 0.562. The first-order chi connectivity index (χ1) is 18.4. The SMILES string of the molecule is Cc1cccc(C(=O)N2CCC3(CC2)OCC(C(=O)NCc2ccccn2)N3C(=O)c2ccc(F)cc2)c1. The number of nitrogens with one attached hydrogen (secondary N) is 1. The van der Waals surface area contributed by atoms with E-state index in [0.29, 0.717) is 37.2 Å². The largest absolute Gasteiger partial charge is 0.353 e. The van der Waals surface area contributed by atoms with E-state index in [1.807, 2.05) is 31.2 Å². The standard InChI is InChI=1S/C29H29FN4O4/c1-20-5-4-6-22(17-20)27(36)33-15-12-29(13-16-33)34(28(37)21-8-10-23(30)11-9-21)25(19-38-29)26(35)32-18-24-7-2-3-14-31-24/h2-11,14,17,25H,12-13,15-16,18-19H2,1H3,(H,32,35). The number of carbonyl (C=O) groups is 3. The van der Waals surface area contributed by atoms with Crippen LogP contribution in [0, 0.1) is 12.7 Å². The molecule has 1 atom stereocenters. The van der Waals surface area contributed by atoms with Crippen LogP contribution in [0.3, 0.4) is 0 Å². The van der Waals surface area contributed by atoms with E-state index < -0.39 is 23.5 Å². The monoisotopic (exact) mass is 516 g/mol. The van der Waals surface area contributed by atoms with Gasteiger partial charge in [0, 0.05) is 43.3 Å². The van der Waals surface area contributed by atoms with Crippen LogP contribution in [0.4, 0.5) is 4.39 Å². The minimum atomic E-state index is -1.05. The lowest BCUT2D eigenvalue weighted by molar-refractivity contribution is -0.128. The third-order valence-corrected chi connectivity index (χ3v) is 7.14. The average Bonchev–Trinajstić information content (AvgIpc) is 3.30. The fourth-order valence-electron chi connectivity index (χ4n) is 5.12. The molecule has 2 aliphatic heterocycles. The van der Waals surface area contributed by atoms with E-state index in [-0.39, 0.29) is 30.5 Å². The molecule has 1 spiro atoms. The summed E-state index contributed by atoms with van der Waals surface area (Å²) in [7, 11) is 0. The van der Waals surface area contributed by atoms with Crippen LogP contribution < -0.4 is 5.32 Å². The van der Waals surface area contributed by atoms with Crippen molar-refractivity contribution in [2.24, 2.45) is 0 Å². The zero-order chi connectivity index (χ0) is 26.7. The second-order valence-electron chi connectivity index (χ2n) is 9.66. The molecule has 3 amide bonds. The van der Waals surface area contributed by atoms with Crippen molar-refractivity contribution < 1.29 is 23.5 Å². The Kier molecular flexibility index (Phi) is 7.20. The first-order valence-corrected chi connectivity index (χ1v) is 12.6. The summed E-state index contributed by atoms with van der Waals surface area (Å²) in [6.07, 6.45) is 2.34. The lowest BCUT2D eigenvalue weighted by Crippen LogP contribution is -2.59. The molecule has 5 rings (SSSR count). The average molecular weight is 517 g/mol.